The van der Waals surface area contributed by atoms with E-state index in [9.17, 15) is 4.79 Å². The Kier molecular flexibility index (Phi) is 5.35. The first kappa shape index (κ1) is 18.6. The maximum absolute atomic E-state index is 12.5. The largest absolute Gasteiger partial charge is 0.490 e. The van der Waals surface area contributed by atoms with Crippen LogP contribution in [0, 0.1) is 0 Å². The third-order valence-electron chi connectivity index (χ3n) is 4.84. The number of carbonyl (C=O) groups is 1. The number of carbonyl (C=O) groups excluding carboxylic acids is 1. The van der Waals surface area contributed by atoms with E-state index in [-0.39, 0.29) is 11.8 Å². The zero-order valence-corrected chi connectivity index (χ0v) is 16.8. The number of hydrogen-bond donors (Lipinski definition) is 1. The summed E-state index contributed by atoms with van der Waals surface area (Å²) in [5.74, 6) is 1.53. The van der Waals surface area contributed by atoms with Crippen LogP contribution in [0.1, 0.15) is 36.6 Å². The van der Waals surface area contributed by atoms with Crippen LogP contribution in [0.5, 0.6) is 11.5 Å². The lowest BCUT2D eigenvalue weighted by Gasteiger charge is -2.24. The molecule has 4 rings (SSSR count). The summed E-state index contributed by atoms with van der Waals surface area (Å²) in [6, 6.07) is 16.2. The molecule has 1 N–H and O–H groups in total. The van der Waals surface area contributed by atoms with Crippen LogP contribution in [0.4, 0.5) is 5.69 Å². The minimum Gasteiger partial charge on any atom is -0.490 e. The lowest BCUT2D eigenvalue weighted by atomic mass is 9.89. The van der Waals surface area contributed by atoms with Gasteiger partial charge < -0.3 is 14.8 Å². The monoisotopic (exact) mass is 393 g/mol. The van der Waals surface area contributed by atoms with Crippen molar-refractivity contribution in [1.82, 2.24) is 0 Å². The van der Waals surface area contributed by atoms with Crippen molar-refractivity contribution in [3.63, 3.8) is 0 Å². The minimum absolute atomic E-state index is 0.0149. The summed E-state index contributed by atoms with van der Waals surface area (Å²) in [6.07, 6.45) is 0.432. The molecule has 1 unspecified atom stereocenters. The fourth-order valence-corrected chi connectivity index (χ4v) is 4.77. The lowest BCUT2D eigenvalue weighted by molar-refractivity contribution is -0.116. The van der Waals surface area contributed by atoms with Crippen LogP contribution in [0.3, 0.4) is 0 Å². The molecule has 0 bridgehead atoms. The van der Waals surface area contributed by atoms with Gasteiger partial charge in [-0.3, -0.25) is 4.79 Å². The highest BCUT2D eigenvalue weighted by Crippen LogP contribution is 2.47. The first-order chi connectivity index (χ1) is 13.7. The van der Waals surface area contributed by atoms with E-state index < -0.39 is 0 Å². The molecule has 2 aromatic carbocycles. The van der Waals surface area contributed by atoms with E-state index in [0.29, 0.717) is 19.6 Å². The van der Waals surface area contributed by atoms with Gasteiger partial charge in [-0.25, -0.2) is 0 Å². The topological polar surface area (TPSA) is 47.6 Å². The Morgan fingerprint density at radius 1 is 1.04 bits per heavy atom. The van der Waals surface area contributed by atoms with Crippen molar-refractivity contribution in [2.75, 3.05) is 18.5 Å². The highest BCUT2D eigenvalue weighted by atomic mass is 32.1. The van der Waals surface area contributed by atoms with E-state index in [4.69, 9.17) is 9.47 Å². The minimum atomic E-state index is 0.0149. The molecule has 1 atom stereocenters. The first-order valence-corrected chi connectivity index (χ1v) is 10.4. The zero-order chi connectivity index (χ0) is 19.5. The molecule has 1 aliphatic rings. The molecule has 28 heavy (non-hydrogen) atoms. The molecule has 0 spiro atoms. The van der Waals surface area contributed by atoms with Crippen LogP contribution in [-0.4, -0.2) is 19.1 Å². The van der Waals surface area contributed by atoms with Crippen molar-refractivity contribution in [2.24, 2.45) is 0 Å². The number of amides is 1. The SMILES string of the molecule is CCOc1ccc(C2CC(=O)Nc3c(-c4ccccc4)csc32)cc1OCC. The number of thiophene rings is 1. The molecule has 0 saturated heterocycles. The second-order valence-electron chi connectivity index (χ2n) is 6.63. The van der Waals surface area contributed by atoms with Crippen LogP contribution in [-0.2, 0) is 4.79 Å². The third-order valence-corrected chi connectivity index (χ3v) is 5.94. The van der Waals surface area contributed by atoms with E-state index in [1.165, 1.54) is 4.88 Å². The van der Waals surface area contributed by atoms with Gasteiger partial charge in [0.05, 0.1) is 18.9 Å². The molecule has 1 aliphatic heterocycles. The van der Waals surface area contributed by atoms with Gasteiger partial charge >= 0.3 is 0 Å². The van der Waals surface area contributed by atoms with E-state index in [0.717, 1.165) is 33.9 Å². The van der Waals surface area contributed by atoms with Gasteiger partial charge in [-0.2, -0.15) is 0 Å². The normalized spacial score (nSPS) is 15.6. The number of nitrogens with one attached hydrogen (secondary N) is 1. The molecular weight excluding hydrogens is 370 g/mol. The first-order valence-electron chi connectivity index (χ1n) is 9.57. The van der Waals surface area contributed by atoms with Crippen LogP contribution >= 0.6 is 11.3 Å². The van der Waals surface area contributed by atoms with E-state index in [2.05, 4.69) is 22.8 Å². The fraction of sp³-hybridized carbons (Fsp3) is 0.261. The van der Waals surface area contributed by atoms with Crippen LogP contribution in [0.2, 0.25) is 0 Å². The summed E-state index contributed by atoms with van der Waals surface area (Å²) in [7, 11) is 0. The van der Waals surface area contributed by atoms with Gasteiger partial charge in [0.25, 0.3) is 0 Å². The van der Waals surface area contributed by atoms with Crippen LogP contribution < -0.4 is 14.8 Å². The van der Waals surface area contributed by atoms with E-state index >= 15 is 0 Å². The Morgan fingerprint density at radius 3 is 2.54 bits per heavy atom. The zero-order valence-electron chi connectivity index (χ0n) is 16.0. The fourth-order valence-electron chi connectivity index (χ4n) is 3.61. The Hall–Kier alpha value is -2.79. The number of ether oxygens (including phenoxy) is 2. The standard InChI is InChI=1S/C23H23NO3S/c1-3-26-19-11-10-16(12-20(19)27-4-2)17-13-21(25)24-22-18(14-28-23(17)22)15-8-6-5-7-9-15/h5-12,14,17H,3-4,13H2,1-2H3,(H,24,25). The van der Waals surface area contributed by atoms with Crippen molar-refractivity contribution in [3.8, 4) is 22.6 Å². The van der Waals surface area contributed by atoms with Gasteiger partial charge in [-0.15, -0.1) is 11.3 Å². The predicted octanol–water partition coefficient (Wildman–Crippen LogP) is 5.69. The van der Waals surface area contributed by atoms with Gasteiger partial charge in [-0.05, 0) is 37.1 Å². The van der Waals surface area contributed by atoms with Crippen molar-refractivity contribution < 1.29 is 14.3 Å². The summed E-state index contributed by atoms with van der Waals surface area (Å²) in [6.45, 7) is 5.07. The van der Waals surface area contributed by atoms with Gasteiger partial charge in [0.1, 0.15) is 0 Å². The van der Waals surface area contributed by atoms with Crippen LogP contribution in [0.15, 0.2) is 53.9 Å². The summed E-state index contributed by atoms with van der Waals surface area (Å²) in [4.78, 5) is 13.7. The number of hydrogen-bond acceptors (Lipinski definition) is 4. The van der Waals surface area contributed by atoms with E-state index in [1.54, 1.807) is 11.3 Å². The molecule has 1 aromatic heterocycles. The summed E-state index contributed by atoms with van der Waals surface area (Å²) in [5, 5.41) is 5.23. The molecular formula is C23H23NO3S. The van der Waals surface area contributed by atoms with Gasteiger partial charge in [0, 0.05) is 28.2 Å². The maximum Gasteiger partial charge on any atom is 0.225 e. The summed E-state index contributed by atoms with van der Waals surface area (Å²) < 4.78 is 11.5. The Labute approximate surface area is 169 Å². The van der Waals surface area contributed by atoms with Crippen molar-refractivity contribution in [2.45, 2.75) is 26.2 Å². The second-order valence-corrected chi connectivity index (χ2v) is 7.54. The number of fused-ring (bicyclic) bond motifs is 1. The molecule has 0 fully saturated rings. The highest BCUT2D eigenvalue weighted by Gasteiger charge is 2.31. The molecule has 144 valence electrons. The molecule has 4 nitrogen and oxygen atoms in total. The van der Waals surface area contributed by atoms with Crippen molar-refractivity contribution >= 4 is 22.9 Å². The molecule has 0 aliphatic carbocycles. The maximum atomic E-state index is 12.5. The van der Waals surface area contributed by atoms with Gasteiger partial charge in [-0.1, -0.05) is 36.4 Å². The number of anilines is 1. The Morgan fingerprint density at radius 2 is 1.79 bits per heavy atom. The third kappa shape index (κ3) is 3.50. The van der Waals surface area contributed by atoms with E-state index in [1.807, 2.05) is 50.2 Å². The summed E-state index contributed by atoms with van der Waals surface area (Å²) >= 11 is 1.70. The smallest absolute Gasteiger partial charge is 0.225 e. The quantitative estimate of drug-likeness (QED) is 0.585. The molecule has 5 heteroatoms. The number of rotatable bonds is 6. The highest BCUT2D eigenvalue weighted by molar-refractivity contribution is 7.11. The van der Waals surface area contributed by atoms with Crippen molar-refractivity contribution in [3.05, 3.63) is 64.4 Å². The number of benzene rings is 2. The Bertz CT molecular complexity index is 981. The van der Waals surface area contributed by atoms with Crippen molar-refractivity contribution in [1.29, 1.82) is 0 Å². The molecule has 3 aromatic rings. The average molecular weight is 394 g/mol. The summed E-state index contributed by atoms with van der Waals surface area (Å²) in [5.41, 5.74) is 4.20. The average Bonchev–Trinajstić information content (AvgIpc) is 3.13. The Balaban J connectivity index is 1.76. The predicted molar refractivity (Wildman–Crippen MR) is 114 cm³/mol. The molecule has 0 saturated carbocycles. The van der Waals surface area contributed by atoms with Crippen LogP contribution in [0.25, 0.3) is 11.1 Å². The second kappa shape index (κ2) is 8.07. The lowest BCUT2D eigenvalue weighted by Crippen LogP contribution is -2.22. The molecule has 2 heterocycles. The van der Waals surface area contributed by atoms with Gasteiger partial charge in [0.2, 0.25) is 5.91 Å². The molecule has 1 amide bonds. The molecule has 0 radical (unpaired) electrons. The van der Waals surface area contributed by atoms with Gasteiger partial charge in [0.15, 0.2) is 11.5 Å².